The van der Waals surface area contributed by atoms with Crippen LogP contribution in [0.1, 0.15) is 18.0 Å². The van der Waals surface area contributed by atoms with E-state index in [2.05, 4.69) is 0 Å². The Kier molecular flexibility index (Phi) is 4.00. The summed E-state index contributed by atoms with van der Waals surface area (Å²) >= 11 is 11.7. The predicted octanol–water partition coefficient (Wildman–Crippen LogP) is 2.34. The van der Waals surface area contributed by atoms with Crippen molar-refractivity contribution in [2.75, 3.05) is 6.54 Å². The highest BCUT2D eigenvalue weighted by molar-refractivity contribution is 6.35. The van der Waals surface area contributed by atoms with Crippen molar-refractivity contribution < 1.29 is 0 Å². The summed E-state index contributed by atoms with van der Waals surface area (Å²) in [5.41, 5.74) is 12.1. The molecule has 0 amide bonds. The molecule has 0 aromatic heterocycles. The van der Waals surface area contributed by atoms with Gasteiger partial charge in [-0.15, -0.1) is 0 Å². The molecule has 4 N–H and O–H groups in total. The standard InChI is InChI=1S/C9H12Cl2N2/c10-6-1-2-7(8(11)5-6)9(13)3-4-12/h1-2,5,9H,3-4,12-13H2/t9-/m1/s1. The zero-order valence-electron chi connectivity index (χ0n) is 7.13. The third-order valence-electron chi connectivity index (χ3n) is 1.84. The van der Waals surface area contributed by atoms with Gasteiger partial charge in [-0.05, 0) is 30.7 Å². The third kappa shape index (κ3) is 2.85. The molecule has 0 bridgehead atoms. The topological polar surface area (TPSA) is 52.0 Å². The van der Waals surface area contributed by atoms with Crippen molar-refractivity contribution >= 4 is 23.2 Å². The lowest BCUT2D eigenvalue weighted by molar-refractivity contribution is 0.661. The van der Waals surface area contributed by atoms with Crippen LogP contribution in [0.3, 0.4) is 0 Å². The third-order valence-corrected chi connectivity index (χ3v) is 2.40. The summed E-state index contributed by atoms with van der Waals surface area (Å²) < 4.78 is 0. The van der Waals surface area contributed by atoms with Gasteiger partial charge in [-0.2, -0.15) is 0 Å². The highest BCUT2D eigenvalue weighted by atomic mass is 35.5. The van der Waals surface area contributed by atoms with Crippen LogP contribution in [0, 0.1) is 0 Å². The molecule has 13 heavy (non-hydrogen) atoms. The van der Waals surface area contributed by atoms with E-state index in [0.717, 1.165) is 12.0 Å². The molecule has 0 unspecified atom stereocenters. The van der Waals surface area contributed by atoms with Gasteiger partial charge in [-0.1, -0.05) is 29.3 Å². The average molecular weight is 219 g/mol. The Balaban J connectivity index is 2.88. The first kappa shape index (κ1) is 10.8. The number of rotatable bonds is 3. The smallest absolute Gasteiger partial charge is 0.0468 e. The molecule has 1 rings (SSSR count). The number of benzene rings is 1. The highest BCUT2D eigenvalue weighted by Gasteiger charge is 2.08. The summed E-state index contributed by atoms with van der Waals surface area (Å²) in [4.78, 5) is 0. The molecule has 1 aromatic carbocycles. The van der Waals surface area contributed by atoms with Crippen molar-refractivity contribution in [3.05, 3.63) is 33.8 Å². The van der Waals surface area contributed by atoms with Crippen LogP contribution in [-0.2, 0) is 0 Å². The van der Waals surface area contributed by atoms with Gasteiger partial charge in [0.25, 0.3) is 0 Å². The zero-order chi connectivity index (χ0) is 9.84. The van der Waals surface area contributed by atoms with E-state index in [1.807, 2.05) is 6.07 Å². The Hall–Kier alpha value is -0.280. The molecule has 0 heterocycles. The van der Waals surface area contributed by atoms with Gasteiger partial charge in [0.2, 0.25) is 0 Å². The van der Waals surface area contributed by atoms with Crippen LogP contribution in [0.25, 0.3) is 0 Å². The average Bonchev–Trinajstić information content (AvgIpc) is 2.04. The largest absolute Gasteiger partial charge is 0.330 e. The molecule has 72 valence electrons. The maximum absolute atomic E-state index is 5.95. The van der Waals surface area contributed by atoms with Crippen LogP contribution >= 0.6 is 23.2 Å². The van der Waals surface area contributed by atoms with E-state index in [1.54, 1.807) is 12.1 Å². The maximum Gasteiger partial charge on any atom is 0.0468 e. The van der Waals surface area contributed by atoms with E-state index in [4.69, 9.17) is 34.7 Å². The fourth-order valence-corrected chi connectivity index (χ4v) is 1.69. The lowest BCUT2D eigenvalue weighted by Crippen LogP contribution is -2.15. The van der Waals surface area contributed by atoms with Crippen molar-refractivity contribution in [1.29, 1.82) is 0 Å². The second-order valence-electron chi connectivity index (χ2n) is 2.85. The predicted molar refractivity (Wildman–Crippen MR) is 57.1 cm³/mol. The van der Waals surface area contributed by atoms with Crippen molar-refractivity contribution in [2.45, 2.75) is 12.5 Å². The monoisotopic (exact) mass is 218 g/mol. The van der Waals surface area contributed by atoms with E-state index in [-0.39, 0.29) is 6.04 Å². The molecular weight excluding hydrogens is 207 g/mol. The highest BCUT2D eigenvalue weighted by Crippen LogP contribution is 2.26. The molecule has 0 fully saturated rings. The van der Waals surface area contributed by atoms with Gasteiger partial charge in [0.05, 0.1) is 0 Å². The van der Waals surface area contributed by atoms with Crippen LogP contribution in [0.5, 0.6) is 0 Å². The Labute approximate surface area is 87.8 Å². The van der Waals surface area contributed by atoms with Crippen LogP contribution in [0.4, 0.5) is 0 Å². The normalized spacial score (nSPS) is 12.9. The van der Waals surface area contributed by atoms with Crippen LogP contribution < -0.4 is 11.5 Å². The molecule has 0 aliphatic rings. The summed E-state index contributed by atoms with van der Waals surface area (Å²) in [6.07, 6.45) is 0.724. The molecule has 4 heteroatoms. The van der Waals surface area contributed by atoms with E-state index < -0.39 is 0 Å². The van der Waals surface area contributed by atoms with Gasteiger partial charge in [-0.3, -0.25) is 0 Å². The number of nitrogens with two attached hydrogens (primary N) is 2. The van der Waals surface area contributed by atoms with Gasteiger partial charge in [-0.25, -0.2) is 0 Å². The van der Waals surface area contributed by atoms with Crippen molar-refractivity contribution in [1.82, 2.24) is 0 Å². The Bertz CT molecular complexity index is 289. The summed E-state index contributed by atoms with van der Waals surface area (Å²) in [5, 5.41) is 1.22. The molecule has 2 nitrogen and oxygen atoms in total. The summed E-state index contributed by atoms with van der Waals surface area (Å²) in [6.45, 7) is 0.556. The van der Waals surface area contributed by atoms with Crippen LogP contribution in [0.2, 0.25) is 10.0 Å². The van der Waals surface area contributed by atoms with Gasteiger partial charge in [0.1, 0.15) is 0 Å². The summed E-state index contributed by atoms with van der Waals surface area (Å²) in [5.74, 6) is 0. The number of hydrogen-bond acceptors (Lipinski definition) is 2. The second kappa shape index (κ2) is 4.82. The quantitative estimate of drug-likeness (QED) is 0.819. The second-order valence-corrected chi connectivity index (χ2v) is 3.69. The first-order chi connectivity index (χ1) is 6.15. The molecule has 0 saturated carbocycles. The maximum atomic E-state index is 5.95. The van der Waals surface area contributed by atoms with E-state index in [9.17, 15) is 0 Å². The van der Waals surface area contributed by atoms with Crippen molar-refractivity contribution in [2.24, 2.45) is 11.5 Å². The lowest BCUT2D eigenvalue weighted by atomic mass is 10.1. The van der Waals surface area contributed by atoms with Gasteiger partial charge in [0.15, 0.2) is 0 Å². The SMILES string of the molecule is NCC[C@@H](N)c1ccc(Cl)cc1Cl. The van der Waals surface area contributed by atoms with Crippen LogP contribution in [0.15, 0.2) is 18.2 Å². The van der Waals surface area contributed by atoms with E-state index in [1.165, 1.54) is 0 Å². The van der Waals surface area contributed by atoms with E-state index >= 15 is 0 Å². The number of hydrogen-bond donors (Lipinski definition) is 2. The molecule has 0 aliphatic carbocycles. The number of halogens is 2. The first-order valence-corrected chi connectivity index (χ1v) is 4.81. The first-order valence-electron chi connectivity index (χ1n) is 4.05. The lowest BCUT2D eigenvalue weighted by Gasteiger charge is -2.12. The molecule has 0 spiro atoms. The summed E-state index contributed by atoms with van der Waals surface area (Å²) in [7, 11) is 0. The van der Waals surface area contributed by atoms with Gasteiger partial charge < -0.3 is 11.5 Å². The minimum Gasteiger partial charge on any atom is -0.330 e. The zero-order valence-corrected chi connectivity index (χ0v) is 8.65. The molecule has 1 atom stereocenters. The molecule has 0 aliphatic heterocycles. The van der Waals surface area contributed by atoms with Gasteiger partial charge >= 0.3 is 0 Å². The molecular formula is C9H12Cl2N2. The summed E-state index contributed by atoms with van der Waals surface area (Å²) in [6, 6.07) is 5.20. The Morgan fingerprint density at radius 3 is 2.54 bits per heavy atom. The van der Waals surface area contributed by atoms with Crippen molar-refractivity contribution in [3.63, 3.8) is 0 Å². The Morgan fingerprint density at radius 2 is 2.00 bits per heavy atom. The minimum absolute atomic E-state index is 0.102. The fraction of sp³-hybridized carbons (Fsp3) is 0.333. The van der Waals surface area contributed by atoms with Gasteiger partial charge in [0, 0.05) is 16.1 Å². The molecule has 0 saturated heterocycles. The molecule has 0 radical (unpaired) electrons. The molecule has 1 aromatic rings. The minimum atomic E-state index is -0.102. The van der Waals surface area contributed by atoms with Crippen molar-refractivity contribution in [3.8, 4) is 0 Å². The van der Waals surface area contributed by atoms with Crippen LogP contribution in [-0.4, -0.2) is 6.54 Å². The van der Waals surface area contributed by atoms with E-state index in [0.29, 0.717) is 16.6 Å². The Morgan fingerprint density at radius 1 is 1.31 bits per heavy atom. The fourth-order valence-electron chi connectivity index (χ4n) is 1.14.